The van der Waals surface area contributed by atoms with Gasteiger partial charge in [-0.05, 0) is 13.1 Å². The first-order valence-corrected chi connectivity index (χ1v) is 4.84. The van der Waals surface area contributed by atoms with Crippen molar-refractivity contribution >= 4 is 0 Å². The third-order valence-corrected chi connectivity index (χ3v) is 2.36. The highest BCUT2D eigenvalue weighted by atomic mass is 16.3. The Bertz CT molecular complexity index is 407. The second-order valence-corrected chi connectivity index (χ2v) is 3.49. The Balaban J connectivity index is 2.09. The molecule has 0 saturated carbocycles. The lowest BCUT2D eigenvalue weighted by molar-refractivity contribution is 0.540. The Morgan fingerprint density at radius 2 is 2.47 bits per heavy atom. The van der Waals surface area contributed by atoms with E-state index in [1.54, 1.807) is 17.2 Å². The Morgan fingerprint density at radius 1 is 1.60 bits per heavy atom. The first-order chi connectivity index (χ1) is 7.29. The van der Waals surface area contributed by atoms with Gasteiger partial charge in [-0.15, -0.1) is 5.10 Å². The van der Waals surface area contributed by atoms with E-state index >= 15 is 0 Å². The van der Waals surface area contributed by atoms with Gasteiger partial charge in [0.05, 0.1) is 18.2 Å². The molecule has 0 saturated heterocycles. The van der Waals surface area contributed by atoms with Crippen molar-refractivity contribution in [3.05, 3.63) is 36.0 Å². The zero-order chi connectivity index (χ0) is 10.7. The molecule has 2 rings (SSSR count). The van der Waals surface area contributed by atoms with Gasteiger partial charge in [0, 0.05) is 31.3 Å². The summed E-state index contributed by atoms with van der Waals surface area (Å²) >= 11 is 0. The molecule has 5 nitrogen and oxygen atoms in total. The SMILES string of the molecule is CNC(Cc1cn(C)nn1)c1ccoc1. The number of nitrogens with zero attached hydrogens (tertiary/aromatic N) is 3. The summed E-state index contributed by atoms with van der Waals surface area (Å²) in [6.45, 7) is 0. The molecule has 2 aromatic heterocycles. The summed E-state index contributed by atoms with van der Waals surface area (Å²) in [5.74, 6) is 0. The average molecular weight is 206 g/mol. The van der Waals surface area contributed by atoms with E-state index in [0.717, 1.165) is 17.7 Å². The van der Waals surface area contributed by atoms with Crippen LogP contribution in [-0.2, 0) is 13.5 Å². The quantitative estimate of drug-likeness (QED) is 0.808. The molecule has 1 unspecified atom stereocenters. The van der Waals surface area contributed by atoms with Crippen molar-refractivity contribution in [2.24, 2.45) is 7.05 Å². The van der Waals surface area contributed by atoms with Crippen molar-refractivity contribution in [3.63, 3.8) is 0 Å². The number of nitrogens with one attached hydrogen (secondary N) is 1. The normalized spacial score (nSPS) is 12.9. The number of hydrogen-bond donors (Lipinski definition) is 1. The van der Waals surface area contributed by atoms with Gasteiger partial charge in [0.15, 0.2) is 0 Å². The first kappa shape index (κ1) is 9.92. The van der Waals surface area contributed by atoms with Crippen molar-refractivity contribution in [1.29, 1.82) is 0 Å². The Hall–Kier alpha value is -1.62. The molecule has 0 spiro atoms. The molecule has 0 aromatic carbocycles. The largest absolute Gasteiger partial charge is 0.472 e. The predicted octanol–water partition coefficient (Wildman–Crippen LogP) is 0.911. The van der Waals surface area contributed by atoms with E-state index in [-0.39, 0.29) is 6.04 Å². The van der Waals surface area contributed by atoms with Crippen molar-refractivity contribution in [2.75, 3.05) is 7.05 Å². The van der Waals surface area contributed by atoms with E-state index < -0.39 is 0 Å². The first-order valence-electron chi connectivity index (χ1n) is 4.84. The van der Waals surface area contributed by atoms with Crippen LogP contribution in [0.15, 0.2) is 29.2 Å². The van der Waals surface area contributed by atoms with Gasteiger partial charge < -0.3 is 9.73 Å². The van der Waals surface area contributed by atoms with E-state index in [4.69, 9.17) is 4.42 Å². The minimum absolute atomic E-state index is 0.223. The Morgan fingerprint density at radius 3 is 3.00 bits per heavy atom. The van der Waals surface area contributed by atoms with Crippen molar-refractivity contribution in [1.82, 2.24) is 20.3 Å². The summed E-state index contributed by atoms with van der Waals surface area (Å²) in [5.41, 5.74) is 2.10. The highest BCUT2D eigenvalue weighted by Gasteiger charge is 2.12. The van der Waals surface area contributed by atoms with Crippen LogP contribution in [0.4, 0.5) is 0 Å². The van der Waals surface area contributed by atoms with Crippen LogP contribution in [0.25, 0.3) is 0 Å². The Labute approximate surface area is 88.1 Å². The van der Waals surface area contributed by atoms with Gasteiger partial charge >= 0.3 is 0 Å². The summed E-state index contributed by atoms with van der Waals surface area (Å²) in [4.78, 5) is 0. The smallest absolute Gasteiger partial charge is 0.0950 e. The standard InChI is InChI=1S/C10H14N4O/c1-11-10(8-3-4-15-7-8)5-9-6-14(2)13-12-9/h3-4,6-7,10-11H,5H2,1-2H3. The molecule has 1 atom stereocenters. The second-order valence-electron chi connectivity index (χ2n) is 3.49. The molecule has 15 heavy (non-hydrogen) atoms. The number of furan rings is 1. The highest BCUT2D eigenvalue weighted by Crippen LogP contribution is 2.16. The Kier molecular flexibility index (Phi) is 2.82. The van der Waals surface area contributed by atoms with Crippen LogP contribution in [0.2, 0.25) is 0 Å². The maximum atomic E-state index is 5.06. The predicted molar refractivity (Wildman–Crippen MR) is 55.2 cm³/mol. The molecule has 80 valence electrons. The topological polar surface area (TPSA) is 55.9 Å². The van der Waals surface area contributed by atoms with Gasteiger partial charge in [0.25, 0.3) is 0 Å². The molecule has 0 fully saturated rings. The van der Waals surface area contributed by atoms with Gasteiger partial charge in [-0.25, -0.2) is 0 Å². The van der Waals surface area contributed by atoms with Gasteiger partial charge in [-0.3, -0.25) is 4.68 Å². The lowest BCUT2D eigenvalue weighted by Gasteiger charge is -2.11. The molecule has 1 N–H and O–H groups in total. The summed E-state index contributed by atoms with van der Waals surface area (Å²) in [7, 11) is 3.79. The maximum absolute atomic E-state index is 5.06. The number of aryl methyl sites for hydroxylation is 1. The molecule has 2 aromatic rings. The summed E-state index contributed by atoms with van der Waals surface area (Å²) in [6.07, 6.45) is 6.15. The minimum atomic E-state index is 0.223. The van der Waals surface area contributed by atoms with Crippen molar-refractivity contribution < 1.29 is 4.42 Å². The lowest BCUT2D eigenvalue weighted by Crippen LogP contribution is -2.18. The van der Waals surface area contributed by atoms with E-state index in [1.165, 1.54) is 0 Å². The summed E-state index contributed by atoms with van der Waals surface area (Å²) in [5, 5.41) is 11.2. The molecule has 0 radical (unpaired) electrons. The van der Waals surface area contributed by atoms with E-state index in [2.05, 4.69) is 15.6 Å². The molecule has 0 aliphatic rings. The average Bonchev–Trinajstić information content (AvgIpc) is 2.85. The lowest BCUT2D eigenvalue weighted by atomic mass is 10.1. The van der Waals surface area contributed by atoms with Crippen molar-refractivity contribution in [3.8, 4) is 0 Å². The van der Waals surface area contributed by atoms with Crippen LogP contribution in [0, 0.1) is 0 Å². The third kappa shape index (κ3) is 2.24. The van der Waals surface area contributed by atoms with Crippen LogP contribution in [-0.4, -0.2) is 22.0 Å². The summed E-state index contributed by atoms with van der Waals surface area (Å²) in [6, 6.07) is 2.18. The molecule has 2 heterocycles. The van der Waals surface area contributed by atoms with Crippen LogP contribution in [0.1, 0.15) is 17.3 Å². The minimum Gasteiger partial charge on any atom is -0.472 e. The zero-order valence-corrected chi connectivity index (χ0v) is 8.84. The molecule has 0 amide bonds. The van der Waals surface area contributed by atoms with Crippen LogP contribution < -0.4 is 5.32 Å². The number of likely N-dealkylation sites (N-methyl/N-ethyl adjacent to an activating group) is 1. The number of rotatable bonds is 4. The molecular formula is C10H14N4O. The fraction of sp³-hybridized carbons (Fsp3) is 0.400. The molecule has 0 aliphatic heterocycles. The van der Waals surface area contributed by atoms with Crippen LogP contribution in [0.3, 0.4) is 0 Å². The molecule has 0 bridgehead atoms. The van der Waals surface area contributed by atoms with Gasteiger partial charge in [-0.1, -0.05) is 5.21 Å². The molecule has 0 aliphatic carbocycles. The highest BCUT2D eigenvalue weighted by molar-refractivity contribution is 5.14. The van der Waals surface area contributed by atoms with Crippen LogP contribution in [0.5, 0.6) is 0 Å². The maximum Gasteiger partial charge on any atom is 0.0950 e. The van der Waals surface area contributed by atoms with Gasteiger partial charge in [0.2, 0.25) is 0 Å². The van der Waals surface area contributed by atoms with E-state index in [1.807, 2.05) is 26.4 Å². The van der Waals surface area contributed by atoms with Crippen LogP contribution >= 0.6 is 0 Å². The molecular weight excluding hydrogens is 192 g/mol. The number of hydrogen-bond acceptors (Lipinski definition) is 4. The second kappa shape index (κ2) is 4.27. The fourth-order valence-corrected chi connectivity index (χ4v) is 1.56. The monoisotopic (exact) mass is 206 g/mol. The van der Waals surface area contributed by atoms with Crippen molar-refractivity contribution in [2.45, 2.75) is 12.5 Å². The van der Waals surface area contributed by atoms with E-state index in [9.17, 15) is 0 Å². The summed E-state index contributed by atoms with van der Waals surface area (Å²) < 4.78 is 6.76. The number of aromatic nitrogens is 3. The van der Waals surface area contributed by atoms with E-state index in [0.29, 0.717) is 0 Å². The third-order valence-electron chi connectivity index (χ3n) is 2.36. The fourth-order valence-electron chi connectivity index (χ4n) is 1.56. The van der Waals surface area contributed by atoms with Gasteiger partial charge in [0.1, 0.15) is 0 Å². The molecule has 5 heteroatoms. The zero-order valence-electron chi connectivity index (χ0n) is 8.84. The van der Waals surface area contributed by atoms with Gasteiger partial charge in [-0.2, -0.15) is 0 Å².